The monoisotopic (exact) mass is 504 g/mol. The Morgan fingerprint density at radius 2 is 1.70 bits per heavy atom. The molecule has 0 radical (unpaired) electrons. The number of hydrogen-bond acceptors (Lipinski definition) is 4. The molecule has 1 amide bonds. The van der Waals surface area contributed by atoms with Crippen molar-refractivity contribution < 1.29 is 17.9 Å². The van der Waals surface area contributed by atoms with E-state index in [1.807, 2.05) is 19.1 Å². The molecule has 3 aromatic carbocycles. The lowest BCUT2D eigenvalue weighted by Gasteiger charge is -2.35. The average molecular weight is 505 g/mol. The Morgan fingerprint density at radius 3 is 2.39 bits per heavy atom. The van der Waals surface area contributed by atoms with Crippen LogP contribution in [0.1, 0.15) is 11.1 Å². The van der Waals surface area contributed by atoms with Gasteiger partial charge in [0.1, 0.15) is 5.75 Å². The van der Waals surface area contributed by atoms with Crippen LogP contribution < -0.4 is 14.4 Å². The Balaban J connectivity index is 1.55. The highest BCUT2D eigenvalue weighted by Gasteiger charge is 2.37. The van der Waals surface area contributed by atoms with E-state index in [-0.39, 0.29) is 17.2 Å². The molecular weight excluding hydrogens is 483 g/mol. The fraction of sp³-hybridized carbons (Fsp3) is 0.208. The van der Waals surface area contributed by atoms with E-state index in [4.69, 9.17) is 27.9 Å². The molecule has 0 aliphatic carbocycles. The molecule has 33 heavy (non-hydrogen) atoms. The fourth-order valence-electron chi connectivity index (χ4n) is 3.52. The second-order valence-corrected chi connectivity index (χ2v) is 10.5. The van der Waals surface area contributed by atoms with E-state index in [0.717, 1.165) is 11.1 Å². The molecule has 172 valence electrons. The Hall–Kier alpha value is -2.74. The number of benzene rings is 3. The molecule has 0 fully saturated rings. The second-order valence-electron chi connectivity index (χ2n) is 7.74. The first-order valence-electron chi connectivity index (χ1n) is 10.3. The number of ether oxygens (including phenoxy) is 1. The molecule has 6 nitrogen and oxygen atoms in total. The van der Waals surface area contributed by atoms with E-state index in [1.54, 1.807) is 48.5 Å². The number of sulfonamides is 1. The van der Waals surface area contributed by atoms with E-state index < -0.39 is 22.0 Å². The number of fused-ring (bicyclic) bond motifs is 1. The van der Waals surface area contributed by atoms with Crippen LogP contribution in [-0.2, 0) is 21.2 Å². The molecule has 0 saturated carbocycles. The van der Waals surface area contributed by atoms with E-state index in [1.165, 1.54) is 10.4 Å². The summed E-state index contributed by atoms with van der Waals surface area (Å²) < 4.78 is 33.9. The third-order valence-corrected chi connectivity index (χ3v) is 7.60. The Kier molecular flexibility index (Phi) is 6.83. The van der Waals surface area contributed by atoms with Gasteiger partial charge >= 0.3 is 0 Å². The van der Waals surface area contributed by atoms with Crippen LogP contribution in [0, 0.1) is 6.92 Å². The minimum atomic E-state index is -3.94. The molecule has 1 unspecified atom stereocenters. The van der Waals surface area contributed by atoms with Crippen molar-refractivity contribution >= 4 is 44.8 Å². The summed E-state index contributed by atoms with van der Waals surface area (Å²) in [6, 6.07) is 18.6. The summed E-state index contributed by atoms with van der Waals surface area (Å²) in [5.74, 6) is -0.118. The lowest BCUT2D eigenvalue weighted by atomic mass is 10.1. The SMILES string of the molecule is Cc1ccc(S(=O)(=O)N2CC(C(=O)NCCc3ccc(Cl)cc3)Oc3ccc(Cl)cc32)cc1. The maximum absolute atomic E-state index is 13.5. The second kappa shape index (κ2) is 9.63. The van der Waals surface area contributed by atoms with Gasteiger partial charge in [-0.3, -0.25) is 9.10 Å². The maximum atomic E-state index is 13.5. The van der Waals surface area contributed by atoms with Crippen molar-refractivity contribution in [3.05, 3.63) is 87.9 Å². The lowest BCUT2D eigenvalue weighted by molar-refractivity contribution is -0.127. The number of amides is 1. The first-order valence-corrected chi connectivity index (χ1v) is 12.5. The highest BCUT2D eigenvalue weighted by atomic mass is 35.5. The zero-order valence-electron chi connectivity index (χ0n) is 17.8. The van der Waals surface area contributed by atoms with Crippen molar-refractivity contribution in [3.63, 3.8) is 0 Å². The van der Waals surface area contributed by atoms with Crippen LogP contribution >= 0.6 is 23.2 Å². The van der Waals surface area contributed by atoms with Crippen molar-refractivity contribution in [2.75, 3.05) is 17.4 Å². The smallest absolute Gasteiger partial charge is 0.264 e. The summed E-state index contributed by atoms with van der Waals surface area (Å²) in [5, 5.41) is 3.85. The third-order valence-electron chi connectivity index (χ3n) is 5.32. The number of aryl methyl sites for hydroxylation is 1. The van der Waals surface area contributed by atoms with Gasteiger partial charge in [0.25, 0.3) is 15.9 Å². The zero-order valence-corrected chi connectivity index (χ0v) is 20.1. The highest BCUT2D eigenvalue weighted by Crippen LogP contribution is 2.38. The van der Waals surface area contributed by atoms with Gasteiger partial charge in [-0.2, -0.15) is 0 Å². The molecule has 0 spiro atoms. The molecule has 0 bridgehead atoms. The Bertz CT molecular complexity index is 1260. The molecule has 4 rings (SSSR count). The van der Waals surface area contributed by atoms with E-state index in [9.17, 15) is 13.2 Å². The summed E-state index contributed by atoms with van der Waals surface area (Å²) in [5.41, 5.74) is 2.26. The first kappa shape index (κ1) is 23.4. The van der Waals surface area contributed by atoms with Gasteiger partial charge in [0.15, 0.2) is 6.10 Å². The number of nitrogens with one attached hydrogen (secondary N) is 1. The van der Waals surface area contributed by atoms with E-state index >= 15 is 0 Å². The third kappa shape index (κ3) is 5.27. The molecule has 1 N–H and O–H groups in total. The number of carbonyl (C=O) groups is 1. The van der Waals surface area contributed by atoms with Crippen molar-refractivity contribution in [2.24, 2.45) is 0 Å². The summed E-state index contributed by atoms with van der Waals surface area (Å²) in [7, 11) is -3.94. The predicted molar refractivity (Wildman–Crippen MR) is 130 cm³/mol. The fourth-order valence-corrected chi connectivity index (χ4v) is 5.28. The van der Waals surface area contributed by atoms with Gasteiger partial charge in [-0.15, -0.1) is 0 Å². The lowest BCUT2D eigenvalue weighted by Crippen LogP contribution is -2.51. The van der Waals surface area contributed by atoms with Crippen LogP contribution in [0.5, 0.6) is 5.75 Å². The first-order chi connectivity index (χ1) is 15.7. The van der Waals surface area contributed by atoms with Crippen LogP contribution in [0.15, 0.2) is 71.6 Å². The van der Waals surface area contributed by atoms with E-state index in [2.05, 4.69) is 5.32 Å². The average Bonchev–Trinajstić information content (AvgIpc) is 2.80. The number of halogens is 2. The molecule has 1 atom stereocenters. The normalized spacial score (nSPS) is 15.5. The summed E-state index contributed by atoms with van der Waals surface area (Å²) in [4.78, 5) is 13.0. The summed E-state index contributed by atoms with van der Waals surface area (Å²) >= 11 is 12.0. The summed E-state index contributed by atoms with van der Waals surface area (Å²) in [6.07, 6.45) is -0.406. The number of anilines is 1. The van der Waals surface area contributed by atoms with Crippen LogP contribution in [-0.4, -0.2) is 33.5 Å². The minimum Gasteiger partial charge on any atom is -0.476 e. The number of carbonyl (C=O) groups excluding carboxylic acids is 1. The van der Waals surface area contributed by atoms with Gasteiger partial charge < -0.3 is 10.1 Å². The molecule has 3 aromatic rings. The van der Waals surface area contributed by atoms with Gasteiger partial charge in [0.2, 0.25) is 0 Å². The molecule has 0 saturated heterocycles. The van der Waals surface area contributed by atoms with Crippen LogP contribution in [0.2, 0.25) is 10.0 Å². The molecule has 1 heterocycles. The largest absolute Gasteiger partial charge is 0.476 e. The molecule has 0 aromatic heterocycles. The number of nitrogens with zero attached hydrogens (tertiary/aromatic N) is 1. The molecular formula is C24H22Cl2N2O4S. The van der Waals surface area contributed by atoms with Crippen molar-refractivity contribution in [1.82, 2.24) is 5.32 Å². The Morgan fingerprint density at radius 1 is 1.03 bits per heavy atom. The molecule has 1 aliphatic rings. The van der Waals surface area contributed by atoms with Crippen molar-refractivity contribution in [1.29, 1.82) is 0 Å². The topological polar surface area (TPSA) is 75.7 Å². The quantitative estimate of drug-likeness (QED) is 0.531. The maximum Gasteiger partial charge on any atom is 0.264 e. The standard InChI is InChI=1S/C24H22Cl2N2O4S/c1-16-2-9-20(10-3-16)33(30,31)28-15-23(32-22-11-8-19(26)14-21(22)28)24(29)27-13-12-17-4-6-18(25)7-5-17/h2-11,14,23H,12-13,15H2,1H3,(H,27,29). The number of rotatable bonds is 6. The van der Waals surface area contributed by atoms with Gasteiger partial charge in [-0.05, 0) is 61.4 Å². The highest BCUT2D eigenvalue weighted by molar-refractivity contribution is 7.92. The van der Waals surface area contributed by atoms with Crippen molar-refractivity contribution in [2.45, 2.75) is 24.3 Å². The minimum absolute atomic E-state index is 0.128. The molecule has 9 heteroatoms. The van der Waals surface area contributed by atoms with Gasteiger partial charge in [0, 0.05) is 16.6 Å². The van der Waals surface area contributed by atoms with Gasteiger partial charge in [-0.1, -0.05) is 53.0 Å². The van der Waals surface area contributed by atoms with Crippen molar-refractivity contribution in [3.8, 4) is 5.75 Å². The predicted octanol–water partition coefficient (Wildman–Crippen LogP) is 4.62. The Labute approximate surface area is 203 Å². The summed E-state index contributed by atoms with van der Waals surface area (Å²) in [6.45, 7) is 2.08. The van der Waals surface area contributed by atoms with Gasteiger partial charge in [0.05, 0.1) is 17.1 Å². The molecule has 1 aliphatic heterocycles. The van der Waals surface area contributed by atoms with Gasteiger partial charge in [-0.25, -0.2) is 8.42 Å². The van der Waals surface area contributed by atoms with Crippen LogP contribution in [0.25, 0.3) is 0 Å². The van der Waals surface area contributed by atoms with Crippen LogP contribution in [0.4, 0.5) is 5.69 Å². The van der Waals surface area contributed by atoms with E-state index in [0.29, 0.717) is 28.7 Å². The zero-order chi connectivity index (χ0) is 23.6. The number of hydrogen-bond donors (Lipinski definition) is 1. The van der Waals surface area contributed by atoms with Crippen LogP contribution in [0.3, 0.4) is 0 Å².